The van der Waals surface area contributed by atoms with Gasteiger partial charge in [0.2, 0.25) is 0 Å². The lowest BCUT2D eigenvalue weighted by Crippen LogP contribution is -2.42. The van der Waals surface area contributed by atoms with Crippen LogP contribution >= 0.6 is 11.6 Å². The van der Waals surface area contributed by atoms with Crippen molar-refractivity contribution in [1.82, 2.24) is 14.8 Å². The van der Waals surface area contributed by atoms with Crippen LogP contribution < -0.4 is 5.32 Å². The number of rotatable bonds is 5. The van der Waals surface area contributed by atoms with Gasteiger partial charge in [-0.2, -0.15) is 0 Å². The Bertz CT molecular complexity index is 759. The summed E-state index contributed by atoms with van der Waals surface area (Å²) < 4.78 is 8.15. The molecule has 1 saturated heterocycles. The van der Waals surface area contributed by atoms with Crippen LogP contribution in [0.2, 0.25) is 5.02 Å². The minimum Gasteiger partial charge on any atom is -0.373 e. The highest BCUT2D eigenvalue weighted by Crippen LogP contribution is 2.33. The van der Waals surface area contributed by atoms with Crippen LogP contribution in [0.15, 0.2) is 47.6 Å². The number of halogens is 1. The molecule has 1 aromatic carbocycles. The van der Waals surface area contributed by atoms with Crippen LogP contribution in [0.25, 0.3) is 0 Å². The summed E-state index contributed by atoms with van der Waals surface area (Å²) in [5, 5.41) is 4.30. The number of aliphatic imine (C=N–C) groups is 1. The molecule has 2 aromatic rings. The summed E-state index contributed by atoms with van der Waals surface area (Å²) in [6.07, 6.45) is 4.32. The van der Waals surface area contributed by atoms with E-state index >= 15 is 0 Å². The summed E-state index contributed by atoms with van der Waals surface area (Å²) in [5.41, 5.74) is 2.40. The van der Waals surface area contributed by atoms with Gasteiger partial charge in [0.25, 0.3) is 0 Å². The van der Waals surface area contributed by atoms with Crippen molar-refractivity contribution in [2.45, 2.75) is 25.5 Å². The molecule has 2 unspecified atom stereocenters. The second-order valence-corrected chi connectivity index (χ2v) is 7.59. The largest absolute Gasteiger partial charge is 0.373 e. The fourth-order valence-electron chi connectivity index (χ4n) is 3.71. The van der Waals surface area contributed by atoms with Crippen molar-refractivity contribution < 1.29 is 4.74 Å². The van der Waals surface area contributed by atoms with Crippen molar-refractivity contribution in [1.29, 1.82) is 0 Å². The Morgan fingerprint density at radius 2 is 2.15 bits per heavy atom. The zero-order valence-electron chi connectivity index (χ0n) is 16.4. The molecule has 0 amide bonds. The molecule has 1 N–H and O–H groups in total. The van der Waals surface area contributed by atoms with E-state index < -0.39 is 0 Å². The molecule has 1 aliphatic heterocycles. The van der Waals surface area contributed by atoms with E-state index in [9.17, 15) is 0 Å². The lowest BCUT2D eigenvalue weighted by Gasteiger charge is -2.33. The van der Waals surface area contributed by atoms with Crippen molar-refractivity contribution in [2.75, 3.05) is 27.2 Å². The second-order valence-electron chi connectivity index (χ2n) is 7.15. The van der Waals surface area contributed by atoms with Gasteiger partial charge in [-0.1, -0.05) is 41.9 Å². The predicted octanol–water partition coefficient (Wildman–Crippen LogP) is 3.85. The Labute approximate surface area is 167 Å². The van der Waals surface area contributed by atoms with E-state index in [-0.39, 0.29) is 6.10 Å². The van der Waals surface area contributed by atoms with Crippen molar-refractivity contribution >= 4 is 17.6 Å². The zero-order chi connectivity index (χ0) is 19.2. The van der Waals surface area contributed by atoms with Crippen LogP contribution in [-0.4, -0.2) is 42.7 Å². The SMILES string of the molecule is CN=C(NCC1CCCOC1c1ccccc1)N(C)Cc1cc(Cl)cn1C. The summed E-state index contributed by atoms with van der Waals surface area (Å²) >= 11 is 6.10. The third-order valence-electron chi connectivity index (χ3n) is 5.14. The van der Waals surface area contributed by atoms with Crippen molar-refractivity contribution in [3.8, 4) is 0 Å². The molecule has 1 aliphatic rings. The first-order valence-corrected chi connectivity index (χ1v) is 9.85. The molecule has 3 rings (SSSR count). The highest BCUT2D eigenvalue weighted by Gasteiger charge is 2.27. The first kappa shape index (κ1) is 19.8. The highest BCUT2D eigenvalue weighted by molar-refractivity contribution is 6.30. The molecular formula is C21H29ClN4O. The van der Waals surface area contributed by atoms with Crippen LogP contribution in [-0.2, 0) is 18.3 Å². The first-order chi connectivity index (χ1) is 13.1. The Morgan fingerprint density at radius 1 is 1.37 bits per heavy atom. The second kappa shape index (κ2) is 9.29. The fourth-order valence-corrected chi connectivity index (χ4v) is 3.98. The van der Waals surface area contributed by atoms with Gasteiger partial charge < -0.3 is 19.5 Å². The maximum Gasteiger partial charge on any atom is 0.193 e. The zero-order valence-corrected chi connectivity index (χ0v) is 17.1. The van der Waals surface area contributed by atoms with Crippen molar-refractivity contribution in [3.05, 3.63) is 58.9 Å². The third-order valence-corrected chi connectivity index (χ3v) is 5.35. The van der Waals surface area contributed by atoms with E-state index in [1.165, 1.54) is 5.56 Å². The van der Waals surface area contributed by atoms with Crippen LogP contribution in [0.3, 0.4) is 0 Å². The van der Waals surface area contributed by atoms with Crippen LogP contribution in [0.4, 0.5) is 0 Å². The number of guanidine groups is 1. The summed E-state index contributed by atoms with van der Waals surface area (Å²) in [6.45, 7) is 2.41. The molecule has 5 nitrogen and oxygen atoms in total. The topological polar surface area (TPSA) is 41.8 Å². The number of aryl methyl sites for hydroxylation is 1. The molecule has 6 heteroatoms. The average molecular weight is 389 g/mol. The third kappa shape index (κ3) is 5.05. The van der Waals surface area contributed by atoms with Gasteiger partial charge >= 0.3 is 0 Å². The molecule has 1 fully saturated rings. The summed E-state index contributed by atoms with van der Waals surface area (Å²) in [4.78, 5) is 6.57. The molecule has 0 spiro atoms. The van der Waals surface area contributed by atoms with E-state index in [1.54, 1.807) is 0 Å². The first-order valence-electron chi connectivity index (χ1n) is 9.47. The van der Waals surface area contributed by atoms with Gasteiger partial charge in [-0.3, -0.25) is 4.99 Å². The number of hydrogen-bond acceptors (Lipinski definition) is 2. The molecular weight excluding hydrogens is 360 g/mol. The molecule has 0 bridgehead atoms. The minimum absolute atomic E-state index is 0.141. The van der Waals surface area contributed by atoms with Crippen LogP contribution in [0.1, 0.15) is 30.2 Å². The molecule has 0 aliphatic carbocycles. The van der Waals surface area contributed by atoms with Gasteiger partial charge in [0.1, 0.15) is 0 Å². The van der Waals surface area contributed by atoms with Gasteiger partial charge in [0.05, 0.1) is 17.7 Å². The van der Waals surface area contributed by atoms with Gasteiger partial charge in [-0.25, -0.2) is 0 Å². The summed E-state index contributed by atoms with van der Waals surface area (Å²) in [5.74, 6) is 1.31. The fraction of sp³-hybridized carbons (Fsp3) is 0.476. The van der Waals surface area contributed by atoms with E-state index in [4.69, 9.17) is 16.3 Å². The van der Waals surface area contributed by atoms with Gasteiger partial charge in [0, 0.05) is 52.1 Å². The Morgan fingerprint density at radius 3 is 2.81 bits per heavy atom. The maximum absolute atomic E-state index is 6.11. The molecule has 146 valence electrons. The van der Waals surface area contributed by atoms with Gasteiger partial charge in [-0.15, -0.1) is 0 Å². The molecule has 2 heterocycles. The molecule has 2 atom stereocenters. The minimum atomic E-state index is 0.141. The molecule has 0 saturated carbocycles. The van der Waals surface area contributed by atoms with Crippen LogP contribution in [0, 0.1) is 5.92 Å². The number of benzene rings is 1. The Balaban J connectivity index is 1.61. The van der Waals surface area contributed by atoms with Gasteiger partial charge in [-0.05, 0) is 24.5 Å². The standard InChI is InChI=1S/C21H29ClN4O/c1-23-21(26(3)15-19-12-18(22)14-25(19)2)24-13-17-10-7-11-27-20(17)16-8-5-4-6-9-16/h4-6,8-9,12,14,17,20H,7,10-11,13,15H2,1-3H3,(H,23,24). The Kier molecular flexibility index (Phi) is 6.80. The van der Waals surface area contributed by atoms with E-state index in [0.717, 1.165) is 49.2 Å². The quantitative estimate of drug-likeness (QED) is 0.624. The highest BCUT2D eigenvalue weighted by atomic mass is 35.5. The number of nitrogens with zero attached hydrogens (tertiary/aromatic N) is 3. The normalized spacial score (nSPS) is 20.5. The maximum atomic E-state index is 6.11. The summed E-state index contributed by atoms with van der Waals surface area (Å²) in [7, 11) is 5.88. The lowest BCUT2D eigenvalue weighted by molar-refractivity contribution is -0.0266. The number of nitrogens with one attached hydrogen (secondary N) is 1. The van der Waals surface area contributed by atoms with Crippen LogP contribution in [0.5, 0.6) is 0 Å². The average Bonchev–Trinajstić information content (AvgIpc) is 3.00. The molecule has 0 radical (unpaired) electrons. The van der Waals surface area contributed by atoms with Crippen molar-refractivity contribution in [3.63, 3.8) is 0 Å². The molecule has 1 aromatic heterocycles. The predicted molar refractivity (Wildman–Crippen MR) is 111 cm³/mol. The molecule has 27 heavy (non-hydrogen) atoms. The van der Waals surface area contributed by atoms with E-state index in [2.05, 4.69) is 39.5 Å². The van der Waals surface area contributed by atoms with E-state index in [1.807, 2.05) is 44.0 Å². The summed E-state index contributed by atoms with van der Waals surface area (Å²) in [6, 6.07) is 12.5. The number of aromatic nitrogens is 1. The number of ether oxygens (including phenoxy) is 1. The smallest absolute Gasteiger partial charge is 0.193 e. The monoisotopic (exact) mass is 388 g/mol. The van der Waals surface area contributed by atoms with Gasteiger partial charge in [0.15, 0.2) is 5.96 Å². The number of hydrogen-bond donors (Lipinski definition) is 1. The van der Waals surface area contributed by atoms with Crippen molar-refractivity contribution in [2.24, 2.45) is 18.0 Å². The lowest BCUT2D eigenvalue weighted by atomic mass is 9.89. The van der Waals surface area contributed by atoms with E-state index in [0.29, 0.717) is 5.92 Å². The Hall–Kier alpha value is -1.98.